The first kappa shape index (κ1) is 25.2. The van der Waals surface area contributed by atoms with Gasteiger partial charge >= 0.3 is 0 Å². The number of hydrogen-bond donors (Lipinski definition) is 1. The average Bonchev–Trinajstić information content (AvgIpc) is 2.79. The molecule has 3 unspecified atom stereocenters. The molecule has 182 valence electrons. The van der Waals surface area contributed by atoms with E-state index >= 15 is 0 Å². The number of piperazine rings is 1. The molecule has 1 fully saturated rings. The molecule has 0 aliphatic carbocycles. The zero-order chi connectivity index (χ0) is 23.8. The summed E-state index contributed by atoms with van der Waals surface area (Å²) in [5.41, 5.74) is 0. The largest absolute Gasteiger partial charge is 0.407 e. The molecule has 0 bridgehead atoms. The molecular formula is C23H39N9O. The van der Waals surface area contributed by atoms with Crippen molar-refractivity contribution in [3.8, 4) is 5.88 Å². The van der Waals surface area contributed by atoms with Crippen molar-refractivity contribution in [1.82, 2.24) is 25.1 Å². The fraction of sp³-hybridized carbons (Fsp3) is 0.739. The molecule has 1 N–H and O–H groups in total. The Morgan fingerprint density at radius 1 is 1.15 bits per heavy atom. The summed E-state index contributed by atoms with van der Waals surface area (Å²) in [6.45, 7) is 14.3. The van der Waals surface area contributed by atoms with Gasteiger partial charge in [-0.05, 0) is 32.7 Å². The molecule has 1 aromatic heterocycles. The van der Waals surface area contributed by atoms with Crippen LogP contribution in [0.15, 0.2) is 26.3 Å². The van der Waals surface area contributed by atoms with Crippen LogP contribution < -0.4 is 10.1 Å². The number of hydrogen-bond acceptors (Lipinski definition) is 10. The summed E-state index contributed by atoms with van der Waals surface area (Å²) in [7, 11) is 2.14. The van der Waals surface area contributed by atoms with Gasteiger partial charge in [0.2, 0.25) is 12.2 Å². The van der Waals surface area contributed by atoms with E-state index in [-0.39, 0.29) is 12.3 Å². The lowest BCUT2D eigenvalue weighted by molar-refractivity contribution is 0.116. The third-order valence-corrected chi connectivity index (χ3v) is 6.08. The molecule has 33 heavy (non-hydrogen) atoms. The van der Waals surface area contributed by atoms with Crippen molar-refractivity contribution in [3.05, 3.63) is 11.9 Å². The fourth-order valence-electron chi connectivity index (χ4n) is 4.02. The van der Waals surface area contributed by atoms with Crippen LogP contribution in [0.25, 0.3) is 0 Å². The third-order valence-electron chi connectivity index (χ3n) is 6.08. The molecule has 2 aliphatic heterocycles. The van der Waals surface area contributed by atoms with E-state index in [1.165, 1.54) is 0 Å². The van der Waals surface area contributed by atoms with Crippen molar-refractivity contribution in [3.63, 3.8) is 0 Å². The van der Waals surface area contributed by atoms with E-state index in [9.17, 15) is 0 Å². The number of ether oxygens (including phenoxy) is 1. The number of likely N-dealkylation sites (N-methyl/N-ethyl adjacent to an activating group) is 1. The average molecular weight is 458 g/mol. The number of nitrogens with zero attached hydrogens (tertiary/aromatic N) is 8. The molecule has 3 atom stereocenters. The molecule has 2 aliphatic rings. The van der Waals surface area contributed by atoms with Gasteiger partial charge in [0, 0.05) is 38.7 Å². The second-order valence-electron chi connectivity index (χ2n) is 8.84. The highest BCUT2D eigenvalue weighted by Gasteiger charge is 2.26. The zero-order valence-electron chi connectivity index (χ0n) is 21.0. The first-order valence-corrected chi connectivity index (χ1v) is 12.2. The Morgan fingerprint density at radius 3 is 2.58 bits per heavy atom. The normalized spacial score (nSPS) is 21.9. The number of aliphatic imine (C=N–C) groups is 2. The summed E-state index contributed by atoms with van der Waals surface area (Å²) in [6.07, 6.45) is 3.72. The number of azo groups is 1. The maximum absolute atomic E-state index is 6.04. The van der Waals surface area contributed by atoms with Gasteiger partial charge < -0.3 is 9.64 Å². The molecule has 0 radical (unpaired) electrons. The predicted molar refractivity (Wildman–Crippen MR) is 131 cm³/mol. The van der Waals surface area contributed by atoms with Gasteiger partial charge in [-0.3, -0.25) is 10.2 Å². The van der Waals surface area contributed by atoms with E-state index in [1.54, 1.807) is 6.07 Å². The molecule has 0 saturated carbocycles. The number of aromatic nitrogens is 2. The highest BCUT2D eigenvalue weighted by atomic mass is 16.5. The lowest BCUT2D eigenvalue weighted by Crippen LogP contribution is -2.51. The number of aryl methyl sites for hydroxylation is 1. The van der Waals surface area contributed by atoms with Gasteiger partial charge in [0.1, 0.15) is 11.7 Å². The summed E-state index contributed by atoms with van der Waals surface area (Å²) < 4.78 is 6.04. The van der Waals surface area contributed by atoms with Gasteiger partial charge in [0.25, 0.3) is 6.02 Å². The Labute approximate surface area is 197 Å². The van der Waals surface area contributed by atoms with Crippen LogP contribution in [-0.2, 0) is 0 Å². The first-order valence-electron chi connectivity index (χ1n) is 12.2. The molecule has 10 nitrogen and oxygen atoms in total. The lowest BCUT2D eigenvalue weighted by Gasteiger charge is -2.35. The highest BCUT2D eigenvalue weighted by molar-refractivity contribution is 5.99. The van der Waals surface area contributed by atoms with Crippen LogP contribution in [0, 0.1) is 12.8 Å². The van der Waals surface area contributed by atoms with Crippen LogP contribution in [0.3, 0.4) is 0 Å². The van der Waals surface area contributed by atoms with Gasteiger partial charge in [0.15, 0.2) is 5.82 Å². The van der Waals surface area contributed by atoms with Crippen LogP contribution in [0.2, 0.25) is 0 Å². The van der Waals surface area contributed by atoms with E-state index < -0.39 is 0 Å². The Hall–Kier alpha value is -2.46. The molecule has 1 saturated heterocycles. The summed E-state index contributed by atoms with van der Waals surface area (Å²) >= 11 is 0. The third kappa shape index (κ3) is 7.26. The topological polar surface area (TPSA) is 103 Å². The van der Waals surface area contributed by atoms with Crippen LogP contribution >= 0.6 is 0 Å². The number of rotatable bonds is 9. The maximum atomic E-state index is 6.04. The molecule has 0 aromatic carbocycles. The summed E-state index contributed by atoms with van der Waals surface area (Å²) in [5, 5.41) is 12.2. The molecule has 3 rings (SSSR count). The van der Waals surface area contributed by atoms with Crippen molar-refractivity contribution in [2.24, 2.45) is 26.1 Å². The smallest absolute Gasteiger partial charge is 0.300 e. The van der Waals surface area contributed by atoms with Crippen molar-refractivity contribution in [2.45, 2.75) is 72.6 Å². The maximum Gasteiger partial charge on any atom is 0.300 e. The summed E-state index contributed by atoms with van der Waals surface area (Å²) in [5.74, 6) is 2.81. The second-order valence-corrected chi connectivity index (χ2v) is 8.84. The van der Waals surface area contributed by atoms with Crippen LogP contribution in [0.5, 0.6) is 5.88 Å². The Morgan fingerprint density at radius 2 is 1.91 bits per heavy atom. The van der Waals surface area contributed by atoms with Crippen molar-refractivity contribution in [1.29, 1.82) is 0 Å². The van der Waals surface area contributed by atoms with Crippen LogP contribution in [0.1, 0.15) is 59.2 Å². The second kappa shape index (κ2) is 12.1. The zero-order valence-corrected chi connectivity index (χ0v) is 21.0. The minimum atomic E-state index is -0.280. The van der Waals surface area contributed by atoms with Gasteiger partial charge in [-0.2, -0.15) is 15.1 Å². The van der Waals surface area contributed by atoms with Gasteiger partial charge in [0.05, 0.1) is 6.04 Å². The first-order chi connectivity index (χ1) is 15.9. The SMILES string of the molecule is CCCC(C)C(CC)N=Nc1cc(OC2=NC(N3CCN(C)CC3)N=C(CC)N2)nc(C)n1. The Balaban J connectivity index is 1.74. The van der Waals surface area contributed by atoms with E-state index in [0.29, 0.717) is 29.5 Å². The quantitative estimate of drug-likeness (QED) is 0.566. The fourth-order valence-corrected chi connectivity index (χ4v) is 4.02. The van der Waals surface area contributed by atoms with Crippen LogP contribution in [-0.4, -0.2) is 77.2 Å². The van der Waals surface area contributed by atoms with Gasteiger partial charge in [-0.1, -0.05) is 34.1 Å². The Kier molecular flexibility index (Phi) is 9.25. The standard InChI is InChI=1S/C23H39N9O/c1-7-10-16(4)18(8-2)29-30-20-15-21(25-17(5)24-20)33-23-27-19(9-3)26-22(28-23)32-13-11-31(6)12-14-32/h15-16,18,22H,7-14H2,1-6H3,(H,26,27,28). The molecule has 3 heterocycles. The van der Waals surface area contributed by atoms with Crippen molar-refractivity contribution >= 4 is 17.7 Å². The molecule has 10 heteroatoms. The monoisotopic (exact) mass is 457 g/mol. The van der Waals surface area contributed by atoms with E-state index in [2.05, 4.69) is 70.1 Å². The minimum absolute atomic E-state index is 0.182. The van der Waals surface area contributed by atoms with E-state index in [4.69, 9.17) is 14.7 Å². The van der Waals surface area contributed by atoms with Crippen LogP contribution in [0.4, 0.5) is 5.82 Å². The van der Waals surface area contributed by atoms with Crippen molar-refractivity contribution < 1.29 is 4.74 Å². The Bertz CT molecular complexity index is 861. The highest BCUT2D eigenvalue weighted by Crippen LogP contribution is 2.22. The lowest BCUT2D eigenvalue weighted by atomic mass is 9.96. The molecule has 0 amide bonds. The number of nitrogens with one attached hydrogen (secondary N) is 1. The van der Waals surface area contributed by atoms with Gasteiger partial charge in [-0.15, -0.1) is 5.11 Å². The molecular weight excluding hydrogens is 418 g/mol. The summed E-state index contributed by atoms with van der Waals surface area (Å²) in [6, 6.07) is 2.29. The van der Waals surface area contributed by atoms with Crippen molar-refractivity contribution in [2.75, 3.05) is 33.2 Å². The molecule has 0 spiro atoms. The van der Waals surface area contributed by atoms with E-state index in [1.807, 2.05) is 6.92 Å². The predicted octanol–water partition coefficient (Wildman–Crippen LogP) is 3.76. The minimum Gasteiger partial charge on any atom is -0.407 e. The van der Waals surface area contributed by atoms with Gasteiger partial charge in [-0.25, -0.2) is 9.98 Å². The number of amidine groups is 2. The van der Waals surface area contributed by atoms with E-state index in [0.717, 1.165) is 57.7 Å². The summed E-state index contributed by atoms with van der Waals surface area (Å²) in [4.78, 5) is 22.9. The molecule has 1 aromatic rings.